The lowest BCUT2D eigenvalue weighted by Gasteiger charge is -2.19. The van der Waals surface area contributed by atoms with Crippen molar-refractivity contribution in [3.63, 3.8) is 0 Å². The van der Waals surface area contributed by atoms with Gasteiger partial charge in [0, 0.05) is 30.0 Å². The van der Waals surface area contributed by atoms with Gasteiger partial charge in [-0.25, -0.2) is 0 Å². The summed E-state index contributed by atoms with van der Waals surface area (Å²) in [4.78, 5) is 12.8. The molecule has 0 aliphatic rings. The topological polar surface area (TPSA) is 46.4 Å². The van der Waals surface area contributed by atoms with Crippen molar-refractivity contribution < 1.29 is 4.92 Å². The molecule has 0 saturated carbocycles. The molecule has 4 nitrogen and oxygen atoms in total. The number of halogens is 2. The number of nitrogens with zero attached hydrogens (tertiary/aromatic N) is 2. The summed E-state index contributed by atoms with van der Waals surface area (Å²) in [6.07, 6.45) is 0. The first kappa shape index (κ1) is 15.8. The van der Waals surface area contributed by atoms with Crippen LogP contribution in [0, 0.1) is 10.1 Å². The van der Waals surface area contributed by atoms with Gasteiger partial charge in [0.25, 0.3) is 5.69 Å². The van der Waals surface area contributed by atoms with Gasteiger partial charge in [-0.1, -0.05) is 45.7 Å². The van der Waals surface area contributed by atoms with Gasteiger partial charge in [0.1, 0.15) is 5.69 Å². The van der Waals surface area contributed by atoms with Crippen LogP contribution in [0.3, 0.4) is 0 Å². The van der Waals surface area contributed by atoms with E-state index in [0.717, 1.165) is 11.1 Å². The molecule has 0 amide bonds. The van der Waals surface area contributed by atoms with Gasteiger partial charge in [0.2, 0.25) is 0 Å². The lowest BCUT2D eigenvalue weighted by Crippen LogP contribution is -2.17. The quantitative estimate of drug-likeness (QED) is 0.433. The predicted octanol–water partition coefficient (Wildman–Crippen LogP) is 4.78. The van der Waals surface area contributed by atoms with E-state index in [4.69, 9.17) is 11.6 Å². The predicted molar refractivity (Wildman–Crippen MR) is 89.3 cm³/mol. The van der Waals surface area contributed by atoms with Crippen LogP contribution in [-0.2, 0) is 11.9 Å². The number of hydrogen-bond acceptors (Lipinski definition) is 3. The fourth-order valence-corrected chi connectivity index (χ4v) is 2.54. The maximum Gasteiger partial charge on any atom is 0.292 e. The number of alkyl halides is 1. The van der Waals surface area contributed by atoms with Gasteiger partial charge in [-0.2, -0.15) is 0 Å². The Morgan fingerprint density at radius 3 is 2.38 bits per heavy atom. The van der Waals surface area contributed by atoms with E-state index in [1.165, 1.54) is 0 Å². The van der Waals surface area contributed by atoms with Crippen molar-refractivity contribution in [3.8, 4) is 0 Å². The first-order valence-electron chi connectivity index (χ1n) is 6.30. The Morgan fingerprint density at radius 1 is 1.19 bits per heavy atom. The fraction of sp³-hybridized carbons (Fsp3) is 0.200. The number of hydrogen-bond donors (Lipinski definition) is 0. The molecule has 0 fully saturated rings. The van der Waals surface area contributed by atoms with E-state index < -0.39 is 0 Å². The molecule has 2 rings (SSSR count). The molecular weight excluding hydrogens is 356 g/mol. The zero-order valence-corrected chi connectivity index (χ0v) is 13.8. The summed E-state index contributed by atoms with van der Waals surface area (Å²) in [6.45, 7) is 0.575. The molecule has 0 aliphatic carbocycles. The molecule has 110 valence electrons. The minimum atomic E-state index is -0.347. The average Bonchev–Trinajstić information content (AvgIpc) is 2.48. The maximum absolute atomic E-state index is 11.2. The van der Waals surface area contributed by atoms with Crippen LogP contribution >= 0.6 is 27.5 Å². The molecule has 0 unspecified atom stereocenters. The summed E-state index contributed by atoms with van der Waals surface area (Å²) >= 11 is 9.17. The van der Waals surface area contributed by atoms with Gasteiger partial charge in [-0.05, 0) is 29.3 Å². The Labute approximate surface area is 136 Å². The van der Waals surface area contributed by atoms with Gasteiger partial charge in [0.05, 0.1) is 4.92 Å². The van der Waals surface area contributed by atoms with Crippen LogP contribution in [0.5, 0.6) is 0 Å². The van der Waals surface area contributed by atoms with Gasteiger partial charge in [-0.3, -0.25) is 10.1 Å². The van der Waals surface area contributed by atoms with Crippen LogP contribution in [0.25, 0.3) is 0 Å². The molecule has 0 atom stereocenters. The monoisotopic (exact) mass is 368 g/mol. The lowest BCUT2D eigenvalue weighted by atomic mass is 10.1. The highest BCUT2D eigenvalue weighted by molar-refractivity contribution is 9.08. The van der Waals surface area contributed by atoms with Crippen molar-refractivity contribution in [2.24, 2.45) is 0 Å². The van der Waals surface area contributed by atoms with E-state index in [2.05, 4.69) is 15.9 Å². The van der Waals surface area contributed by atoms with Crippen LogP contribution < -0.4 is 4.90 Å². The second kappa shape index (κ2) is 6.91. The van der Waals surface area contributed by atoms with Crippen LogP contribution in [0.15, 0.2) is 42.5 Å². The van der Waals surface area contributed by atoms with Crippen LogP contribution in [0.2, 0.25) is 5.02 Å². The molecule has 0 N–H and O–H groups in total. The molecule has 0 radical (unpaired) electrons. The van der Waals surface area contributed by atoms with Crippen molar-refractivity contribution in [1.29, 1.82) is 0 Å². The van der Waals surface area contributed by atoms with E-state index in [9.17, 15) is 10.1 Å². The number of rotatable bonds is 5. The highest BCUT2D eigenvalue weighted by atomic mass is 79.9. The Hall–Kier alpha value is -1.59. The normalized spacial score (nSPS) is 10.4. The van der Waals surface area contributed by atoms with Crippen molar-refractivity contribution in [3.05, 3.63) is 68.7 Å². The van der Waals surface area contributed by atoms with E-state index in [1.807, 2.05) is 42.3 Å². The van der Waals surface area contributed by atoms with E-state index in [0.29, 0.717) is 22.6 Å². The third-order valence-electron chi connectivity index (χ3n) is 3.14. The Kier molecular flexibility index (Phi) is 5.20. The second-order valence-electron chi connectivity index (χ2n) is 4.70. The Morgan fingerprint density at radius 2 is 1.81 bits per heavy atom. The molecule has 21 heavy (non-hydrogen) atoms. The molecule has 6 heteroatoms. The molecule has 2 aromatic rings. The van der Waals surface area contributed by atoms with Crippen LogP contribution in [0.4, 0.5) is 11.4 Å². The standard InChI is InChI=1S/C15H14BrClN2O2/c1-18(10-11-2-5-13(17)6-3-11)14-7-4-12(9-16)8-15(14)19(20)21/h2-8H,9-10H2,1H3. The number of benzene rings is 2. The summed E-state index contributed by atoms with van der Waals surface area (Å²) in [7, 11) is 1.84. The summed E-state index contributed by atoms with van der Waals surface area (Å²) in [5.41, 5.74) is 2.63. The van der Waals surface area contributed by atoms with E-state index in [1.54, 1.807) is 12.1 Å². The average molecular weight is 370 g/mol. The zero-order valence-electron chi connectivity index (χ0n) is 11.4. The summed E-state index contributed by atoms with van der Waals surface area (Å²) in [5.74, 6) is 0. The highest BCUT2D eigenvalue weighted by Gasteiger charge is 2.17. The fourth-order valence-electron chi connectivity index (χ4n) is 2.07. The molecular formula is C15H14BrClN2O2. The number of nitro groups is 1. The molecule has 0 aliphatic heterocycles. The summed E-state index contributed by atoms with van der Waals surface area (Å²) in [6, 6.07) is 12.7. The zero-order chi connectivity index (χ0) is 15.4. The smallest absolute Gasteiger partial charge is 0.292 e. The van der Waals surface area contributed by atoms with Crippen LogP contribution in [-0.4, -0.2) is 12.0 Å². The summed E-state index contributed by atoms with van der Waals surface area (Å²) in [5, 5.41) is 12.5. The summed E-state index contributed by atoms with van der Waals surface area (Å²) < 4.78 is 0. The minimum Gasteiger partial charge on any atom is -0.365 e. The van der Waals surface area contributed by atoms with Gasteiger partial charge in [0.15, 0.2) is 0 Å². The SMILES string of the molecule is CN(Cc1ccc(Cl)cc1)c1ccc(CBr)cc1[N+](=O)[O-]. The molecule has 0 saturated heterocycles. The molecule has 2 aromatic carbocycles. The van der Waals surface area contributed by atoms with E-state index in [-0.39, 0.29) is 10.6 Å². The number of anilines is 1. The first-order chi connectivity index (χ1) is 10.0. The second-order valence-corrected chi connectivity index (χ2v) is 5.69. The Balaban J connectivity index is 2.27. The molecule has 0 spiro atoms. The van der Waals surface area contributed by atoms with Crippen LogP contribution in [0.1, 0.15) is 11.1 Å². The highest BCUT2D eigenvalue weighted by Crippen LogP contribution is 2.30. The van der Waals surface area contributed by atoms with Gasteiger partial charge in [-0.15, -0.1) is 0 Å². The first-order valence-corrected chi connectivity index (χ1v) is 7.80. The number of nitro benzene ring substituents is 1. The molecule has 0 bridgehead atoms. The largest absolute Gasteiger partial charge is 0.365 e. The molecule has 0 heterocycles. The van der Waals surface area contributed by atoms with E-state index >= 15 is 0 Å². The lowest BCUT2D eigenvalue weighted by molar-refractivity contribution is -0.384. The minimum absolute atomic E-state index is 0.114. The van der Waals surface area contributed by atoms with Crippen molar-refractivity contribution in [2.45, 2.75) is 11.9 Å². The van der Waals surface area contributed by atoms with Crippen molar-refractivity contribution >= 4 is 38.9 Å². The third kappa shape index (κ3) is 3.95. The molecule has 0 aromatic heterocycles. The van der Waals surface area contributed by atoms with Gasteiger partial charge < -0.3 is 4.90 Å². The Bertz CT molecular complexity index is 647. The third-order valence-corrected chi connectivity index (χ3v) is 4.03. The maximum atomic E-state index is 11.2. The van der Waals surface area contributed by atoms with Gasteiger partial charge >= 0.3 is 0 Å². The van der Waals surface area contributed by atoms with Crippen molar-refractivity contribution in [2.75, 3.05) is 11.9 Å². The van der Waals surface area contributed by atoms with Crippen molar-refractivity contribution in [1.82, 2.24) is 0 Å².